The molecule has 0 aromatic carbocycles. The summed E-state index contributed by atoms with van der Waals surface area (Å²) in [6, 6.07) is 0. The van der Waals surface area contributed by atoms with Crippen molar-refractivity contribution in [2.45, 2.75) is 25.3 Å². The van der Waals surface area contributed by atoms with Gasteiger partial charge >= 0.3 is 0 Å². The number of hydrogen-bond acceptors (Lipinski definition) is 3. The monoisotopic (exact) mass is 300 g/mol. The summed E-state index contributed by atoms with van der Waals surface area (Å²) < 4.78 is 23.9. The van der Waals surface area contributed by atoms with Crippen molar-refractivity contribution >= 4 is 35.7 Å². The Labute approximate surface area is 95.8 Å². The third-order valence-corrected chi connectivity index (χ3v) is 3.67. The highest BCUT2D eigenvalue weighted by Crippen LogP contribution is 2.23. The summed E-state index contributed by atoms with van der Waals surface area (Å²) in [5.74, 6) is 0.396. The van der Waals surface area contributed by atoms with Gasteiger partial charge in [-0.2, -0.15) is 5.10 Å². The number of hydrogen-bond donors (Lipinski definition) is 0. The first-order valence-corrected chi connectivity index (χ1v) is 7.08. The minimum atomic E-state index is -3.71. The van der Waals surface area contributed by atoms with Gasteiger partial charge in [-0.25, -0.2) is 8.42 Å². The average molecular weight is 302 g/mol. The summed E-state index contributed by atoms with van der Waals surface area (Å²) in [5, 5.41) is 3.99. The zero-order chi connectivity index (χ0) is 10.9. The van der Waals surface area contributed by atoms with Gasteiger partial charge in [-0.05, 0) is 21.8 Å². The maximum absolute atomic E-state index is 11.0. The number of rotatable bonds is 3. The molecular weight excluding hydrogens is 292 g/mol. The van der Waals surface area contributed by atoms with Crippen LogP contribution in [0, 0.1) is 5.92 Å². The van der Waals surface area contributed by atoms with Crippen LogP contribution in [0.4, 0.5) is 0 Å². The molecule has 0 aliphatic carbocycles. The van der Waals surface area contributed by atoms with Gasteiger partial charge in [-0.1, -0.05) is 13.8 Å². The zero-order valence-corrected chi connectivity index (χ0v) is 10.9. The summed E-state index contributed by atoms with van der Waals surface area (Å²) in [4.78, 5) is 0.0137. The molecule has 0 aliphatic heterocycles. The minimum absolute atomic E-state index is 0.0137. The highest BCUT2D eigenvalue weighted by molar-refractivity contribution is 9.10. The first-order valence-electron chi connectivity index (χ1n) is 3.98. The van der Waals surface area contributed by atoms with E-state index in [0.717, 1.165) is 0 Å². The first kappa shape index (κ1) is 12.0. The van der Waals surface area contributed by atoms with Crippen LogP contribution in [0.1, 0.15) is 13.8 Å². The van der Waals surface area contributed by atoms with Gasteiger partial charge in [0.15, 0.2) is 0 Å². The van der Waals surface area contributed by atoms with E-state index >= 15 is 0 Å². The number of nitrogens with zero attached hydrogens (tertiary/aromatic N) is 2. The molecule has 0 saturated carbocycles. The van der Waals surface area contributed by atoms with E-state index in [1.807, 2.05) is 13.8 Å². The van der Waals surface area contributed by atoms with E-state index in [2.05, 4.69) is 21.0 Å². The second-order valence-corrected chi connectivity index (χ2v) is 6.62. The highest BCUT2D eigenvalue weighted by atomic mass is 79.9. The van der Waals surface area contributed by atoms with Gasteiger partial charge < -0.3 is 0 Å². The topological polar surface area (TPSA) is 52.0 Å². The summed E-state index contributed by atoms with van der Waals surface area (Å²) in [7, 11) is 1.50. The fraction of sp³-hybridized carbons (Fsp3) is 0.571. The van der Waals surface area contributed by atoms with E-state index in [-0.39, 0.29) is 9.50 Å². The van der Waals surface area contributed by atoms with Crippen molar-refractivity contribution in [1.29, 1.82) is 0 Å². The molecule has 0 amide bonds. The van der Waals surface area contributed by atoms with E-state index < -0.39 is 9.05 Å². The van der Waals surface area contributed by atoms with Crippen molar-refractivity contribution in [3.05, 3.63) is 10.8 Å². The maximum Gasteiger partial charge on any atom is 0.265 e. The van der Waals surface area contributed by atoms with Gasteiger partial charge in [0, 0.05) is 23.4 Å². The Bertz CT molecular complexity index is 427. The largest absolute Gasteiger partial charge is 0.270 e. The van der Waals surface area contributed by atoms with Gasteiger partial charge in [0.25, 0.3) is 9.05 Å². The molecule has 0 saturated heterocycles. The van der Waals surface area contributed by atoms with Gasteiger partial charge in [0.1, 0.15) is 9.50 Å². The lowest BCUT2D eigenvalue weighted by Crippen LogP contribution is -2.04. The van der Waals surface area contributed by atoms with Gasteiger partial charge in [0.2, 0.25) is 0 Å². The Hall–Kier alpha value is -0.0700. The van der Waals surface area contributed by atoms with E-state index in [1.165, 1.54) is 6.20 Å². The van der Waals surface area contributed by atoms with Gasteiger partial charge in [0.05, 0.1) is 0 Å². The van der Waals surface area contributed by atoms with E-state index in [0.29, 0.717) is 12.5 Å². The first-order chi connectivity index (χ1) is 6.30. The Balaban J connectivity index is 3.06. The molecule has 1 aromatic heterocycles. The molecule has 0 N–H and O–H groups in total. The molecule has 1 aromatic rings. The van der Waals surface area contributed by atoms with Crippen molar-refractivity contribution in [2.75, 3.05) is 0 Å². The molecule has 0 atom stereocenters. The van der Waals surface area contributed by atoms with E-state index in [9.17, 15) is 8.42 Å². The normalized spacial score (nSPS) is 12.4. The predicted molar refractivity (Wildman–Crippen MR) is 57.8 cm³/mol. The van der Waals surface area contributed by atoms with Gasteiger partial charge in [-0.15, -0.1) is 0 Å². The summed E-state index contributed by atoms with van der Waals surface area (Å²) >= 11 is 3.05. The van der Waals surface area contributed by atoms with Crippen molar-refractivity contribution < 1.29 is 8.42 Å². The van der Waals surface area contributed by atoms with Crippen LogP contribution in [0.5, 0.6) is 0 Å². The molecule has 0 bridgehead atoms. The maximum atomic E-state index is 11.0. The highest BCUT2D eigenvalue weighted by Gasteiger charge is 2.18. The fourth-order valence-electron chi connectivity index (χ4n) is 1.01. The number of halogens is 2. The van der Waals surface area contributed by atoms with E-state index in [1.54, 1.807) is 4.68 Å². The predicted octanol–water partition coefficient (Wildman–Crippen LogP) is 2.23. The van der Waals surface area contributed by atoms with Crippen LogP contribution in [-0.2, 0) is 15.6 Å². The third kappa shape index (κ3) is 2.96. The molecule has 1 rings (SSSR count). The molecule has 1 heterocycles. The van der Waals surface area contributed by atoms with Crippen LogP contribution in [0.2, 0.25) is 0 Å². The number of aromatic nitrogens is 2. The van der Waals surface area contributed by atoms with Crippen LogP contribution in [0.15, 0.2) is 15.7 Å². The van der Waals surface area contributed by atoms with Crippen LogP contribution < -0.4 is 0 Å². The molecule has 0 fully saturated rings. The van der Waals surface area contributed by atoms with Crippen molar-refractivity contribution in [2.24, 2.45) is 5.92 Å². The lowest BCUT2D eigenvalue weighted by molar-refractivity contribution is 0.481. The zero-order valence-electron chi connectivity index (χ0n) is 7.74. The Kier molecular flexibility index (Phi) is 3.60. The molecule has 80 valence electrons. The van der Waals surface area contributed by atoms with Crippen LogP contribution in [0.3, 0.4) is 0 Å². The van der Waals surface area contributed by atoms with E-state index in [4.69, 9.17) is 10.7 Å². The van der Waals surface area contributed by atoms with Crippen molar-refractivity contribution in [3.8, 4) is 0 Å². The standard InChI is InChI=1S/C7H10BrClN2O2S/c1-5(2)3-11-4-6(7(8)10-11)14(9,12)13/h4-5H,3H2,1-2H3. The van der Waals surface area contributed by atoms with Crippen LogP contribution in [0.25, 0.3) is 0 Å². The molecule has 7 heteroatoms. The third-order valence-electron chi connectivity index (χ3n) is 1.50. The van der Waals surface area contributed by atoms with Gasteiger partial charge in [-0.3, -0.25) is 4.68 Å². The second-order valence-electron chi connectivity index (χ2n) is 3.34. The molecule has 4 nitrogen and oxygen atoms in total. The smallest absolute Gasteiger partial charge is 0.265 e. The Morgan fingerprint density at radius 1 is 1.64 bits per heavy atom. The summed E-state index contributed by atoms with van der Waals surface area (Å²) in [6.07, 6.45) is 1.42. The molecule has 0 unspecified atom stereocenters. The lowest BCUT2D eigenvalue weighted by atomic mass is 10.2. The van der Waals surface area contributed by atoms with Crippen molar-refractivity contribution in [3.63, 3.8) is 0 Å². The minimum Gasteiger partial charge on any atom is -0.270 e. The quantitative estimate of drug-likeness (QED) is 0.805. The molecular formula is C7H10BrClN2O2S. The molecule has 0 aliphatic rings. The lowest BCUT2D eigenvalue weighted by Gasteiger charge is -2.02. The second kappa shape index (κ2) is 4.20. The SMILES string of the molecule is CC(C)Cn1cc(S(=O)(=O)Cl)c(Br)n1. The van der Waals surface area contributed by atoms with Crippen molar-refractivity contribution in [1.82, 2.24) is 9.78 Å². The van der Waals surface area contributed by atoms with Crippen LogP contribution in [-0.4, -0.2) is 18.2 Å². The van der Waals surface area contributed by atoms with Crippen LogP contribution >= 0.6 is 26.6 Å². The molecule has 0 radical (unpaired) electrons. The Morgan fingerprint density at radius 3 is 2.57 bits per heavy atom. The Morgan fingerprint density at radius 2 is 2.21 bits per heavy atom. The molecule has 14 heavy (non-hydrogen) atoms. The fourth-order valence-corrected chi connectivity index (χ4v) is 3.06. The molecule has 0 spiro atoms. The average Bonchev–Trinajstić information content (AvgIpc) is 2.27. The summed E-state index contributed by atoms with van der Waals surface area (Å²) in [6.45, 7) is 4.69. The summed E-state index contributed by atoms with van der Waals surface area (Å²) in [5.41, 5.74) is 0.